The van der Waals surface area contributed by atoms with E-state index in [1.54, 1.807) is 11.3 Å². The lowest BCUT2D eigenvalue weighted by atomic mass is 9.98. The van der Waals surface area contributed by atoms with Gasteiger partial charge in [-0.15, -0.1) is 11.3 Å². The SMILES string of the molecule is Cc1cc(C(NN)c2ccnc3ccccc23)cs1. The van der Waals surface area contributed by atoms with E-state index in [0.29, 0.717) is 0 Å². The number of pyridine rings is 1. The van der Waals surface area contributed by atoms with Gasteiger partial charge in [-0.3, -0.25) is 10.8 Å². The van der Waals surface area contributed by atoms with Crippen molar-refractivity contribution < 1.29 is 0 Å². The number of benzene rings is 1. The van der Waals surface area contributed by atoms with Crippen LogP contribution in [0.2, 0.25) is 0 Å². The number of fused-ring (bicyclic) bond motifs is 1. The quantitative estimate of drug-likeness (QED) is 0.567. The number of nitrogens with zero attached hydrogens (tertiary/aromatic N) is 1. The van der Waals surface area contributed by atoms with E-state index in [0.717, 1.165) is 16.5 Å². The number of hydrogen-bond donors (Lipinski definition) is 2. The number of hydrogen-bond acceptors (Lipinski definition) is 4. The molecule has 4 heteroatoms. The van der Waals surface area contributed by atoms with Gasteiger partial charge in [-0.05, 0) is 41.6 Å². The predicted octanol–water partition coefficient (Wildman–Crippen LogP) is 3.16. The predicted molar refractivity (Wildman–Crippen MR) is 80.0 cm³/mol. The van der Waals surface area contributed by atoms with Crippen LogP contribution in [0.3, 0.4) is 0 Å². The zero-order valence-electron chi connectivity index (χ0n) is 10.6. The van der Waals surface area contributed by atoms with Crippen LogP contribution < -0.4 is 11.3 Å². The Bertz CT molecular complexity index is 700. The average molecular weight is 269 g/mol. The molecule has 2 aromatic heterocycles. The molecule has 1 unspecified atom stereocenters. The number of aromatic nitrogens is 1. The van der Waals surface area contributed by atoms with Crippen molar-refractivity contribution >= 4 is 22.2 Å². The topological polar surface area (TPSA) is 50.9 Å². The standard InChI is InChI=1S/C15H15N3S/c1-10-8-11(9-19-10)15(18-16)13-6-7-17-14-5-3-2-4-12(13)14/h2-9,15,18H,16H2,1H3. The summed E-state index contributed by atoms with van der Waals surface area (Å²) in [6.45, 7) is 2.10. The van der Waals surface area contributed by atoms with Crippen LogP contribution in [-0.2, 0) is 0 Å². The van der Waals surface area contributed by atoms with Crippen molar-refractivity contribution in [3.8, 4) is 0 Å². The van der Waals surface area contributed by atoms with Crippen molar-refractivity contribution in [1.29, 1.82) is 0 Å². The van der Waals surface area contributed by atoms with Gasteiger partial charge in [0.15, 0.2) is 0 Å². The molecule has 0 aliphatic carbocycles. The van der Waals surface area contributed by atoms with Crippen LogP contribution in [0.25, 0.3) is 10.9 Å². The molecule has 0 saturated heterocycles. The van der Waals surface area contributed by atoms with E-state index < -0.39 is 0 Å². The van der Waals surface area contributed by atoms with Crippen LogP contribution in [0.5, 0.6) is 0 Å². The first-order valence-corrected chi connectivity index (χ1v) is 7.02. The van der Waals surface area contributed by atoms with Gasteiger partial charge < -0.3 is 0 Å². The molecule has 1 aromatic carbocycles. The number of nitrogens with one attached hydrogen (secondary N) is 1. The fourth-order valence-electron chi connectivity index (χ4n) is 2.35. The third-order valence-electron chi connectivity index (χ3n) is 3.24. The first-order chi connectivity index (χ1) is 9.29. The molecule has 2 heterocycles. The number of aryl methyl sites for hydroxylation is 1. The van der Waals surface area contributed by atoms with Gasteiger partial charge in [0.25, 0.3) is 0 Å². The van der Waals surface area contributed by atoms with E-state index in [9.17, 15) is 0 Å². The van der Waals surface area contributed by atoms with E-state index in [2.05, 4.69) is 34.8 Å². The zero-order valence-corrected chi connectivity index (χ0v) is 11.4. The Labute approximate surface area is 116 Å². The van der Waals surface area contributed by atoms with Crippen molar-refractivity contribution in [2.24, 2.45) is 5.84 Å². The molecule has 0 saturated carbocycles. The molecule has 19 heavy (non-hydrogen) atoms. The summed E-state index contributed by atoms with van der Waals surface area (Å²) in [5.41, 5.74) is 6.27. The smallest absolute Gasteiger partial charge is 0.0725 e. The van der Waals surface area contributed by atoms with E-state index in [4.69, 9.17) is 5.84 Å². The van der Waals surface area contributed by atoms with Crippen LogP contribution in [0.15, 0.2) is 48.0 Å². The second-order valence-corrected chi connectivity index (χ2v) is 5.62. The molecular weight excluding hydrogens is 254 g/mol. The molecule has 0 spiro atoms. The molecule has 0 bridgehead atoms. The van der Waals surface area contributed by atoms with Crippen LogP contribution in [0, 0.1) is 6.92 Å². The highest BCUT2D eigenvalue weighted by atomic mass is 32.1. The summed E-state index contributed by atoms with van der Waals surface area (Å²) >= 11 is 1.74. The van der Waals surface area contributed by atoms with Crippen LogP contribution >= 0.6 is 11.3 Å². The number of thiophene rings is 1. The summed E-state index contributed by atoms with van der Waals surface area (Å²) in [6, 6.07) is 12.3. The highest BCUT2D eigenvalue weighted by Gasteiger charge is 2.16. The van der Waals surface area contributed by atoms with E-state index >= 15 is 0 Å². The molecule has 3 rings (SSSR count). The molecule has 0 aliphatic heterocycles. The second-order valence-electron chi connectivity index (χ2n) is 4.51. The van der Waals surface area contributed by atoms with Gasteiger partial charge in [0, 0.05) is 16.5 Å². The largest absolute Gasteiger partial charge is 0.271 e. The average Bonchev–Trinajstić information content (AvgIpc) is 2.86. The third-order valence-corrected chi connectivity index (χ3v) is 4.12. The van der Waals surface area contributed by atoms with Gasteiger partial charge in [0.2, 0.25) is 0 Å². The molecule has 0 fully saturated rings. The summed E-state index contributed by atoms with van der Waals surface area (Å²) in [5.74, 6) is 5.77. The van der Waals surface area contributed by atoms with Crippen LogP contribution in [0.4, 0.5) is 0 Å². The first kappa shape index (κ1) is 12.3. The van der Waals surface area contributed by atoms with Crippen molar-refractivity contribution in [2.45, 2.75) is 13.0 Å². The Morgan fingerprint density at radius 1 is 1.26 bits per heavy atom. The summed E-state index contributed by atoms with van der Waals surface area (Å²) in [6.07, 6.45) is 1.83. The first-order valence-electron chi connectivity index (χ1n) is 6.14. The summed E-state index contributed by atoms with van der Waals surface area (Å²) in [4.78, 5) is 5.68. The van der Waals surface area contributed by atoms with Crippen molar-refractivity contribution in [1.82, 2.24) is 10.4 Å². The zero-order chi connectivity index (χ0) is 13.2. The summed E-state index contributed by atoms with van der Waals surface area (Å²) < 4.78 is 0. The van der Waals surface area contributed by atoms with Gasteiger partial charge in [0.1, 0.15) is 0 Å². The molecule has 3 aromatic rings. The molecule has 1 atom stereocenters. The second kappa shape index (κ2) is 5.09. The Kier molecular flexibility index (Phi) is 3.29. The Hall–Kier alpha value is -1.75. The highest BCUT2D eigenvalue weighted by Crippen LogP contribution is 2.29. The minimum absolute atomic E-state index is 0.00199. The van der Waals surface area contributed by atoms with Gasteiger partial charge in [0.05, 0.1) is 11.6 Å². The molecule has 0 radical (unpaired) electrons. The van der Waals surface area contributed by atoms with Gasteiger partial charge in [-0.2, -0.15) is 0 Å². The summed E-state index contributed by atoms with van der Waals surface area (Å²) in [7, 11) is 0. The van der Waals surface area contributed by atoms with Gasteiger partial charge >= 0.3 is 0 Å². The molecule has 0 aliphatic rings. The lowest BCUT2D eigenvalue weighted by molar-refractivity contribution is 0.642. The third kappa shape index (κ3) is 2.26. The van der Waals surface area contributed by atoms with Crippen molar-refractivity contribution in [3.63, 3.8) is 0 Å². The maximum atomic E-state index is 5.77. The maximum absolute atomic E-state index is 5.77. The number of para-hydroxylation sites is 1. The van der Waals surface area contributed by atoms with Gasteiger partial charge in [-0.1, -0.05) is 18.2 Å². The van der Waals surface area contributed by atoms with Crippen LogP contribution in [-0.4, -0.2) is 4.98 Å². The molecule has 3 N–H and O–H groups in total. The molecular formula is C15H15N3S. The fraction of sp³-hybridized carbons (Fsp3) is 0.133. The summed E-state index contributed by atoms with van der Waals surface area (Å²) in [5, 5.41) is 3.28. The molecule has 3 nitrogen and oxygen atoms in total. The van der Waals surface area contributed by atoms with Crippen molar-refractivity contribution in [2.75, 3.05) is 0 Å². The normalized spacial score (nSPS) is 12.7. The number of hydrazine groups is 1. The maximum Gasteiger partial charge on any atom is 0.0725 e. The van der Waals surface area contributed by atoms with Gasteiger partial charge in [-0.25, -0.2) is 5.43 Å². The Morgan fingerprint density at radius 3 is 2.84 bits per heavy atom. The minimum atomic E-state index is -0.00199. The Morgan fingerprint density at radius 2 is 2.11 bits per heavy atom. The number of rotatable bonds is 3. The van der Waals surface area contributed by atoms with E-state index in [1.807, 2.05) is 30.5 Å². The lowest BCUT2D eigenvalue weighted by Gasteiger charge is -2.17. The van der Waals surface area contributed by atoms with E-state index in [1.165, 1.54) is 10.4 Å². The highest BCUT2D eigenvalue weighted by molar-refractivity contribution is 7.10. The number of nitrogens with two attached hydrogens (primary N) is 1. The lowest BCUT2D eigenvalue weighted by Crippen LogP contribution is -2.28. The molecule has 0 amide bonds. The fourth-order valence-corrected chi connectivity index (χ4v) is 3.08. The van der Waals surface area contributed by atoms with Crippen LogP contribution in [0.1, 0.15) is 22.0 Å². The van der Waals surface area contributed by atoms with E-state index in [-0.39, 0.29) is 6.04 Å². The monoisotopic (exact) mass is 269 g/mol. The molecule has 96 valence electrons. The minimum Gasteiger partial charge on any atom is -0.271 e. The van der Waals surface area contributed by atoms with Crippen molar-refractivity contribution in [3.05, 3.63) is 64.0 Å². The Balaban J connectivity index is 2.16.